The molecule has 2 unspecified atom stereocenters. The van der Waals surface area contributed by atoms with Crippen LogP contribution in [0.15, 0.2) is 158 Å². The minimum absolute atomic E-state index is 0.0950. The van der Waals surface area contributed by atoms with E-state index < -0.39 is 10.8 Å². The molecule has 0 saturated heterocycles. The molecule has 8 aromatic rings. The van der Waals surface area contributed by atoms with Gasteiger partial charge >= 0.3 is 11.9 Å². The predicted octanol–water partition coefficient (Wildman–Crippen LogP) is 11.2. The van der Waals surface area contributed by atoms with E-state index >= 15 is 0 Å². The maximum absolute atomic E-state index is 14.1. The number of carbonyl (C=O) groups excluding carboxylic acids is 2. The van der Waals surface area contributed by atoms with Crippen LogP contribution in [0.5, 0.6) is 23.0 Å². The van der Waals surface area contributed by atoms with Gasteiger partial charge in [0.2, 0.25) is 0 Å². The van der Waals surface area contributed by atoms with Gasteiger partial charge in [0.25, 0.3) is 0 Å². The Labute approximate surface area is 353 Å². The standard InChI is InChI=1S/C53H42N2O6/c1-58-38-21-23-40-42(31-38)52(27-25-48(56)60-36-15-5-3-6-16-36,44-29-34-13-9-11-19-46(34)54-50(40)44)33-53(28-26-49(57)61-37-17-7-4-8-18-37)43-32-39(59-2)22-24-41(43)51-45(53)30-35-14-10-12-20-47(35)55-51/h3-24,29-32H,25-28,33H2,1-2H3. The van der Waals surface area contributed by atoms with Gasteiger partial charge in [-0.2, -0.15) is 0 Å². The number of carbonyl (C=O) groups is 2. The van der Waals surface area contributed by atoms with Gasteiger partial charge in [-0.1, -0.05) is 72.8 Å². The largest absolute Gasteiger partial charge is 0.497 e. The van der Waals surface area contributed by atoms with Crippen molar-refractivity contribution in [1.82, 2.24) is 9.97 Å². The van der Waals surface area contributed by atoms with Gasteiger partial charge in [-0.3, -0.25) is 9.59 Å². The molecule has 0 radical (unpaired) electrons. The summed E-state index contributed by atoms with van der Waals surface area (Å²) >= 11 is 0. The van der Waals surface area contributed by atoms with Crippen molar-refractivity contribution in [2.75, 3.05) is 14.2 Å². The van der Waals surface area contributed by atoms with Crippen LogP contribution in [-0.2, 0) is 20.4 Å². The van der Waals surface area contributed by atoms with Crippen LogP contribution in [0.2, 0.25) is 0 Å². The summed E-state index contributed by atoms with van der Waals surface area (Å²) in [4.78, 5) is 38.8. The smallest absolute Gasteiger partial charge is 0.311 e. The second-order valence-electron chi connectivity index (χ2n) is 15.9. The molecule has 2 atom stereocenters. The van der Waals surface area contributed by atoms with Gasteiger partial charge in [-0.25, -0.2) is 9.97 Å². The number of methoxy groups -OCH3 is 2. The van der Waals surface area contributed by atoms with Crippen LogP contribution in [0.1, 0.15) is 54.4 Å². The van der Waals surface area contributed by atoms with Crippen LogP contribution >= 0.6 is 0 Å². The Hall–Kier alpha value is -7.32. The number of aromatic nitrogens is 2. The molecule has 2 heterocycles. The zero-order valence-corrected chi connectivity index (χ0v) is 33.9. The third kappa shape index (κ3) is 6.65. The molecule has 0 N–H and O–H groups in total. The van der Waals surface area contributed by atoms with Crippen molar-refractivity contribution >= 4 is 33.7 Å². The minimum atomic E-state index is -0.858. The maximum Gasteiger partial charge on any atom is 0.311 e. The Morgan fingerprint density at radius 2 is 0.869 bits per heavy atom. The fraction of sp³-hybridized carbons (Fsp3) is 0.170. The maximum atomic E-state index is 14.1. The highest BCUT2D eigenvalue weighted by atomic mass is 16.5. The minimum Gasteiger partial charge on any atom is -0.497 e. The summed E-state index contributed by atoms with van der Waals surface area (Å²) in [5, 5.41) is 1.97. The Bertz CT molecular complexity index is 2790. The Kier molecular flexibility index (Phi) is 9.55. The number of hydrogen-bond donors (Lipinski definition) is 0. The van der Waals surface area contributed by atoms with E-state index in [4.69, 9.17) is 28.9 Å². The molecule has 10 rings (SSSR count). The van der Waals surface area contributed by atoms with Gasteiger partial charge in [0.1, 0.15) is 23.0 Å². The van der Waals surface area contributed by atoms with Crippen LogP contribution in [0.4, 0.5) is 0 Å². The summed E-state index contributed by atoms with van der Waals surface area (Å²) in [6, 6.07) is 51.4. The molecule has 8 nitrogen and oxygen atoms in total. The second kappa shape index (κ2) is 15.4. The Morgan fingerprint density at radius 3 is 1.30 bits per heavy atom. The molecular formula is C53H42N2O6. The lowest BCUT2D eigenvalue weighted by Crippen LogP contribution is -2.39. The molecule has 0 saturated carbocycles. The van der Waals surface area contributed by atoms with E-state index in [0.29, 0.717) is 42.3 Å². The van der Waals surface area contributed by atoms with Crippen molar-refractivity contribution in [3.63, 3.8) is 0 Å². The predicted molar refractivity (Wildman–Crippen MR) is 236 cm³/mol. The van der Waals surface area contributed by atoms with Crippen LogP contribution in [-0.4, -0.2) is 36.1 Å². The second-order valence-corrected chi connectivity index (χ2v) is 15.9. The molecule has 0 aliphatic heterocycles. The first-order chi connectivity index (χ1) is 29.9. The van der Waals surface area contributed by atoms with E-state index in [1.165, 1.54) is 0 Å². The van der Waals surface area contributed by atoms with E-state index in [2.05, 4.69) is 48.5 Å². The highest BCUT2D eigenvalue weighted by Crippen LogP contribution is 2.63. The monoisotopic (exact) mass is 802 g/mol. The van der Waals surface area contributed by atoms with Crippen molar-refractivity contribution in [3.8, 4) is 45.5 Å². The number of pyridine rings is 2. The number of para-hydroxylation sites is 4. The van der Waals surface area contributed by atoms with E-state index in [1.807, 2.05) is 84.9 Å². The van der Waals surface area contributed by atoms with Crippen molar-refractivity contribution in [1.29, 1.82) is 0 Å². The third-order valence-electron chi connectivity index (χ3n) is 12.5. The molecular weight excluding hydrogens is 761 g/mol. The van der Waals surface area contributed by atoms with Crippen molar-refractivity contribution in [3.05, 3.63) is 180 Å². The summed E-state index contributed by atoms with van der Waals surface area (Å²) in [6.45, 7) is 0. The zero-order valence-electron chi connectivity index (χ0n) is 33.9. The molecule has 61 heavy (non-hydrogen) atoms. The molecule has 0 fully saturated rings. The van der Waals surface area contributed by atoms with Gasteiger partial charge in [0, 0.05) is 45.6 Å². The molecule has 8 heteroatoms. The zero-order chi connectivity index (χ0) is 41.6. The molecule has 0 amide bonds. The third-order valence-corrected chi connectivity index (χ3v) is 12.5. The molecule has 2 aromatic heterocycles. The molecule has 300 valence electrons. The quantitative estimate of drug-likeness (QED) is 0.0890. The number of esters is 2. The summed E-state index contributed by atoms with van der Waals surface area (Å²) < 4.78 is 23.8. The van der Waals surface area contributed by atoms with Crippen LogP contribution < -0.4 is 18.9 Å². The number of fused-ring (bicyclic) bond motifs is 8. The Balaban J connectivity index is 1.22. The van der Waals surface area contributed by atoms with E-state index in [-0.39, 0.29) is 24.8 Å². The number of benzene rings is 6. The average Bonchev–Trinajstić information content (AvgIpc) is 3.70. The van der Waals surface area contributed by atoms with Crippen molar-refractivity contribution < 1.29 is 28.5 Å². The average molecular weight is 803 g/mol. The number of rotatable bonds is 12. The van der Waals surface area contributed by atoms with Gasteiger partial charge in [0.05, 0.1) is 36.6 Å². The highest BCUT2D eigenvalue weighted by molar-refractivity contribution is 5.92. The normalized spacial score (nSPS) is 17.0. The fourth-order valence-electron chi connectivity index (χ4n) is 9.75. The van der Waals surface area contributed by atoms with Crippen LogP contribution in [0.3, 0.4) is 0 Å². The van der Waals surface area contributed by atoms with Gasteiger partial charge in [0.15, 0.2) is 0 Å². The molecule has 2 aliphatic rings. The lowest BCUT2D eigenvalue weighted by Gasteiger charge is -2.42. The van der Waals surface area contributed by atoms with Gasteiger partial charge in [-0.15, -0.1) is 0 Å². The topological polar surface area (TPSA) is 96.8 Å². The summed E-state index contributed by atoms with van der Waals surface area (Å²) in [6.07, 6.45) is 1.38. The summed E-state index contributed by atoms with van der Waals surface area (Å²) in [5.74, 6) is 1.66. The summed E-state index contributed by atoms with van der Waals surface area (Å²) in [5.41, 5.74) is 7.67. The van der Waals surface area contributed by atoms with Crippen LogP contribution in [0.25, 0.3) is 44.3 Å². The summed E-state index contributed by atoms with van der Waals surface area (Å²) in [7, 11) is 3.34. The molecule has 0 bridgehead atoms. The van der Waals surface area contributed by atoms with E-state index in [0.717, 1.165) is 66.6 Å². The first kappa shape index (κ1) is 37.9. The number of hydrogen-bond acceptors (Lipinski definition) is 8. The van der Waals surface area contributed by atoms with E-state index in [9.17, 15) is 9.59 Å². The number of ether oxygens (including phenoxy) is 4. The van der Waals surface area contributed by atoms with Crippen molar-refractivity contribution in [2.45, 2.75) is 42.9 Å². The van der Waals surface area contributed by atoms with Crippen LogP contribution in [0, 0.1) is 0 Å². The number of nitrogens with zero attached hydrogens (tertiary/aromatic N) is 2. The fourth-order valence-corrected chi connectivity index (χ4v) is 9.75. The first-order valence-corrected chi connectivity index (χ1v) is 20.6. The Morgan fingerprint density at radius 1 is 0.459 bits per heavy atom. The molecule has 6 aromatic carbocycles. The lowest BCUT2D eigenvalue weighted by atomic mass is 9.59. The first-order valence-electron chi connectivity index (χ1n) is 20.6. The molecule has 2 aliphatic carbocycles. The van der Waals surface area contributed by atoms with Gasteiger partial charge in [-0.05, 0) is 126 Å². The van der Waals surface area contributed by atoms with Gasteiger partial charge < -0.3 is 18.9 Å². The lowest BCUT2D eigenvalue weighted by molar-refractivity contribution is -0.135. The van der Waals surface area contributed by atoms with Crippen molar-refractivity contribution in [2.24, 2.45) is 0 Å². The SMILES string of the molecule is COc1ccc2c(c1)C(CCC(=O)Oc1ccccc1)(CC1(CCC(=O)Oc3ccccc3)c3cc(OC)ccc3-c3nc4ccccc4cc31)c1cc3ccccc3nc1-2. The molecule has 0 spiro atoms. The highest BCUT2D eigenvalue weighted by Gasteiger charge is 2.54. The van der Waals surface area contributed by atoms with E-state index in [1.54, 1.807) is 38.5 Å².